The number of para-hydroxylation sites is 1. The van der Waals surface area contributed by atoms with Crippen LogP contribution in [0, 0.1) is 0 Å². The summed E-state index contributed by atoms with van der Waals surface area (Å²) in [5, 5.41) is 10.7. The van der Waals surface area contributed by atoms with Crippen molar-refractivity contribution in [2.75, 3.05) is 24.7 Å². The summed E-state index contributed by atoms with van der Waals surface area (Å²) in [7, 11) is 0. The lowest BCUT2D eigenvalue weighted by atomic mass is 10.1. The molecule has 0 radical (unpaired) electrons. The van der Waals surface area contributed by atoms with Gasteiger partial charge >= 0.3 is 0 Å². The number of benzene rings is 1. The van der Waals surface area contributed by atoms with Crippen molar-refractivity contribution in [3.05, 3.63) is 42.2 Å². The monoisotopic (exact) mass is 352 g/mol. The minimum atomic E-state index is -0.163. The van der Waals surface area contributed by atoms with Gasteiger partial charge in [0.2, 0.25) is 0 Å². The number of nitrogens with one attached hydrogen (secondary N) is 2. The third-order valence-corrected chi connectivity index (χ3v) is 4.64. The van der Waals surface area contributed by atoms with E-state index < -0.39 is 0 Å². The van der Waals surface area contributed by atoms with Gasteiger partial charge in [-0.1, -0.05) is 12.1 Å². The first-order valence-corrected chi connectivity index (χ1v) is 8.70. The van der Waals surface area contributed by atoms with Crippen molar-refractivity contribution >= 4 is 35.8 Å². The Morgan fingerprint density at radius 3 is 2.96 bits per heavy atom. The van der Waals surface area contributed by atoms with Crippen LogP contribution in [0.1, 0.15) is 29.4 Å². The molecule has 1 aromatic heterocycles. The molecule has 0 aliphatic carbocycles. The van der Waals surface area contributed by atoms with Gasteiger partial charge in [0.15, 0.2) is 5.69 Å². The van der Waals surface area contributed by atoms with Crippen LogP contribution in [0.5, 0.6) is 0 Å². The van der Waals surface area contributed by atoms with Crippen LogP contribution in [0.15, 0.2) is 41.4 Å². The average molecular weight is 353 g/mol. The Morgan fingerprint density at radius 1 is 1.39 bits per heavy atom. The van der Waals surface area contributed by atoms with Crippen molar-refractivity contribution in [3.8, 4) is 0 Å². The summed E-state index contributed by atoms with van der Waals surface area (Å²) < 4.78 is 1.90. The molecule has 1 unspecified atom stereocenters. The standard InChI is InChI=1S/C16H20N4OS.ClH/c1-22-15-7-3-2-6-13(15)18-16(21)14-8-10-20(19-14)12-5-4-9-17-11-12;/h2-3,6-8,10,12,17H,4-5,9,11H2,1H3,(H,18,21);1H. The fourth-order valence-electron chi connectivity index (χ4n) is 2.66. The molecule has 1 aliphatic rings. The van der Waals surface area contributed by atoms with Crippen LogP contribution in [0.25, 0.3) is 0 Å². The number of halogens is 1. The fourth-order valence-corrected chi connectivity index (χ4v) is 3.21. The normalized spacial score (nSPS) is 17.3. The summed E-state index contributed by atoms with van der Waals surface area (Å²) in [6.45, 7) is 1.98. The van der Waals surface area contributed by atoms with Gasteiger partial charge in [0.1, 0.15) is 0 Å². The predicted octanol–water partition coefficient (Wildman–Crippen LogP) is 3.20. The lowest BCUT2D eigenvalue weighted by molar-refractivity contribution is 0.102. The van der Waals surface area contributed by atoms with Crippen molar-refractivity contribution in [2.45, 2.75) is 23.8 Å². The van der Waals surface area contributed by atoms with Gasteiger partial charge in [-0.05, 0) is 43.8 Å². The highest BCUT2D eigenvalue weighted by Crippen LogP contribution is 2.25. The molecule has 1 amide bonds. The second kappa shape index (κ2) is 8.38. The van der Waals surface area contributed by atoms with Gasteiger partial charge in [0, 0.05) is 17.6 Å². The summed E-state index contributed by atoms with van der Waals surface area (Å²) in [6.07, 6.45) is 6.14. The second-order valence-corrected chi connectivity index (χ2v) is 6.18. The first kappa shape index (κ1) is 17.8. The van der Waals surface area contributed by atoms with Crippen molar-refractivity contribution in [1.82, 2.24) is 15.1 Å². The van der Waals surface area contributed by atoms with E-state index in [2.05, 4.69) is 15.7 Å². The molecule has 0 saturated carbocycles. The molecular weight excluding hydrogens is 332 g/mol. The average Bonchev–Trinajstić information content (AvgIpc) is 3.06. The van der Waals surface area contributed by atoms with Gasteiger partial charge in [-0.3, -0.25) is 9.48 Å². The van der Waals surface area contributed by atoms with Gasteiger partial charge < -0.3 is 10.6 Å². The SMILES string of the molecule is CSc1ccccc1NC(=O)c1ccn(C2CCCNC2)n1.Cl. The maximum Gasteiger partial charge on any atom is 0.276 e. The molecule has 1 atom stereocenters. The van der Waals surface area contributed by atoms with Gasteiger partial charge in [0.25, 0.3) is 5.91 Å². The molecule has 5 nitrogen and oxygen atoms in total. The molecule has 0 spiro atoms. The summed E-state index contributed by atoms with van der Waals surface area (Å²) in [5.74, 6) is -0.163. The minimum absolute atomic E-state index is 0. The molecule has 23 heavy (non-hydrogen) atoms. The van der Waals surface area contributed by atoms with E-state index in [4.69, 9.17) is 0 Å². The third kappa shape index (κ3) is 4.28. The first-order valence-electron chi connectivity index (χ1n) is 7.48. The zero-order valence-corrected chi connectivity index (χ0v) is 14.6. The topological polar surface area (TPSA) is 59.0 Å². The molecule has 1 saturated heterocycles. The predicted molar refractivity (Wildman–Crippen MR) is 96.8 cm³/mol. The lowest BCUT2D eigenvalue weighted by Gasteiger charge is -2.22. The Hall–Kier alpha value is -1.50. The highest BCUT2D eigenvalue weighted by molar-refractivity contribution is 7.98. The molecule has 0 bridgehead atoms. The number of anilines is 1. The number of amides is 1. The fraction of sp³-hybridized carbons (Fsp3) is 0.375. The van der Waals surface area contributed by atoms with Crippen molar-refractivity contribution in [3.63, 3.8) is 0 Å². The van der Waals surface area contributed by atoms with Crippen LogP contribution in [-0.2, 0) is 0 Å². The highest BCUT2D eigenvalue weighted by Gasteiger charge is 2.18. The number of thioether (sulfide) groups is 1. The molecule has 1 fully saturated rings. The lowest BCUT2D eigenvalue weighted by Crippen LogP contribution is -2.32. The van der Waals surface area contributed by atoms with Gasteiger partial charge in [-0.15, -0.1) is 24.2 Å². The van der Waals surface area contributed by atoms with Crippen molar-refractivity contribution in [2.24, 2.45) is 0 Å². The number of nitrogens with zero attached hydrogens (tertiary/aromatic N) is 2. The van der Waals surface area contributed by atoms with Crippen LogP contribution in [0.2, 0.25) is 0 Å². The minimum Gasteiger partial charge on any atom is -0.320 e. The van der Waals surface area contributed by atoms with E-state index in [9.17, 15) is 4.79 Å². The number of carbonyl (C=O) groups is 1. The Bertz CT molecular complexity index is 655. The van der Waals surface area contributed by atoms with E-state index in [1.807, 2.05) is 41.4 Å². The largest absolute Gasteiger partial charge is 0.320 e. The summed E-state index contributed by atoms with van der Waals surface area (Å²) in [6, 6.07) is 9.91. The van der Waals surface area contributed by atoms with Gasteiger partial charge in [-0.2, -0.15) is 5.10 Å². The van der Waals surface area contributed by atoms with Gasteiger partial charge in [-0.25, -0.2) is 0 Å². The van der Waals surface area contributed by atoms with Crippen LogP contribution in [0.3, 0.4) is 0 Å². The molecule has 2 heterocycles. The molecule has 124 valence electrons. The number of hydrogen-bond acceptors (Lipinski definition) is 4. The van der Waals surface area contributed by atoms with E-state index in [1.54, 1.807) is 17.8 Å². The Morgan fingerprint density at radius 2 is 2.22 bits per heavy atom. The molecule has 1 aliphatic heterocycles. The number of hydrogen-bond donors (Lipinski definition) is 2. The molecule has 2 aromatic rings. The molecule has 3 rings (SSSR count). The number of rotatable bonds is 4. The maximum atomic E-state index is 12.4. The molecule has 1 aromatic carbocycles. The van der Waals surface area contributed by atoms with E-state index in [0.717, 1.165) is 36.5 Å². The summed E-state index contributed by atoms with van der Waals surface area (Å²) in [4.78, 5) is 13.4. The molecule has 7 heteroatoms. The van der Waals surface area contributed by atoms with E-state index in [1.165, 1.54) is 0 Å². The quantitative estimate of drug-likeness (QED) is 0.829. The summed E-state index contributed by atoms with van der Waals surface area (Å²) in [5.41, 5.74) is 1.29. The Kier molecular flexibility index (Phi) is 6.50. The Balaban J connectivity index is 0.00000192. The number of piperidine rings is 1. The van der Waals surface area contributed by atoms with Crippen LogP contribution >= 0.6 is 24.2 Å². The first-order chi connectivity index (χ1) is 10.8. The number of aromatic nitrogens is 2. The van der Waals surface area contributed by atoms with Crippen LogP contribution in [0.4, 0.5) is 5.69 Å². The van der Waals surface area contributed by atoms with Crippen molar-refractivity contribution < 1.29 is 4.79 Å². The smallest absolute Gasteiger partial charge is 0.276 e. The zero-order valence-electron chi connectivity index (χ0n) is 13.0. The van der Waals surface area contributed by atoms with Crippen LogP contribution < -0.4 is 10.6 Å². The maximum absolute atomic E-state index is 12.4. The number of carbonyl (C=O) groups excluding carboxylic acids is 1. The Labute approximate surface area is 146 Å². The van der Waals surface area contributed by atoms with Crippen LogP contribution in [-0.4, -0.2) is 35.0 Å². The third-order valence-electron chi connectivity index (χ3n) is 3.84. The molecular formula is C16H21ClN4OS. The van der Waals surface area contributed by atoms with E-state index >= 15 is 0 Å². The van der Waals surface area contributed by atoms with E-state index in [-0.39, 0.29) is 18.3 Å². The zero-order chi connectivity index (χ0) is 15.4. The highest BCUT2D eigenvalue weighted by atomic mass is 35.5. The second-order valence-electron chi connectivity index (χ2n) is 5.34. The molecule has 2 N–H and O–H groups in total. The summed E-state index contributed by atoms with van der Waals surface area (Å²) >= 11 is 1.61. The van der Waals surface area contributed by atoms with Crippen molar-refractivity contribution in [1.29, 1.82) is 0 Å². The van der Waals surface area contributed by atoms with Gasteiger partial charge in [0.05, 0.1) is 11.7 Å². The van der Waals surface area contributed by atoms with E-state index in [0.29, 0.717) is 11.7 Å².